The Hall–Kier alpha value is -2.31. The highest BCUT2D eigenvalue weighted by atomic mass is 35.5. The molecule has 23 heavy (non-hydrogen) atoms. The van der Waals surface area contributed by atoms with Gasteiger partial charge in [0, 0.05) is 27.7 Å². The number of carbonyl (C=O) groups is 1. The lowest BCUT2D eigenvalue weighted by molar-refractivity contribution is 0.112. The molecule has 0 aliphatic rings. The predicted octanol–water partition coefficient (Wildman–Crippen LogP) is 3.74. The van der Waals surface area contributed by atoms with E-state index in [2.05, 4.69) is 9.71 Å². The van der Waals surface area contributed by atoms with Gasteiger partial charge in [-0.05, 0) is 31.2 Å². The fourth-order valence-corrected chi connectivity index (χ4v) is 3.63. The van der Waals surface area contributed by atoms with E-state index in [1.54, 1.807) is 18.2 Å². The van der Waals surface area contributed by atoms with Crippen LogP contribution in [0.1, 0.15) is 15.9 Å². The highest BCUT2D eigenvalue weighted by Gasteiger charge is 2.18. The van der Waals surface area contributed by atoms with E-state index in [1.807, 2.05) is 6.92 Å². The third-order valence-electron chi connectivity index (χ3n) is 3.48. The second-order valence-corrected chi connectivity index (χ2v) is 7.28. The van der Waals surface area contributed by atoms with Gasteiger partial charge in [0.05, 0.1) is 10.6 Å². The van der Waals surface area contributed by atoms with Crippen LogP contribution in [0.2, 0.25) is 5.02 Å². The van der Waals surface area contributed by atoms with Gasteiger partial charge in [0.25, 0.3) is 10.0 Å². The van der Waals surface area contributed by atoms with Crippen molar-refractivity contribution in [2.24, 2.45) is 0 Å². The number of aromatic amines is 1. The zero-order valence-electron chi connectivity index (χ0n) is 12.1. The summed E-state index contributed by atoms with van der Waals surface area (Å²) >= 11 is 6.03. The number of rotatable bonds is 4. The summed E-state index contributed by atoms with van der Waals surface area (Å²) < 4.78 is 27.6. The summed E-state index contributed by atoms with van der Waals surface area (Å²) in [5, 5.41) is 0.846. The van der Waals surface area contributed by atoms with Crippen molar-refractivity contribution < 1.29 is 13.2 Å². The molecule has 118 valence electrons. The molecule has 0 aliphatic heterocycles. The molecule has 0 fully saturated rings. The highest BCUT2D eigenvalue weighted by molar-refractivity contribution is 7.92. The minimum Gasteiger partial charge on any atom is -0.360 e. The van der Waals surface area contributed by atoms with Crippen molar-refractivity contribution in [2.75, 3.05) is 4.72 Å². The minimum atomic E-state index is -3.78. The maximum atomic E-state index is 12.5. The molecule has 1 aromatic heterocycles. The number of hydrogen-bond donors (Lipinski definition) is 2. The standard InChI is InChI=1S/C16H13ClN2O3S/c1-10-2-4-13(5-3-10)23(21,22)19-15-7-12(17)6-14-16(15)11(9-20)8-18-14/h2-9,18-19H,1H3. The maximum Gasteiger partial charge on any atom is 0.261 e. The number of benzene rings is 2. The minimum absolute atomic E-state index is 0.138. The van der Waals surface area contributed by atoms with Crippen molar-refractivity contribution in [3.05, 3.63) is 58.7 Å². The number of hydrogen-bond acceptors (Lipinski definition) is 3. The SMILES string of the molecule is Cc1ccc(S(=O)(=O)Nc2cc(Cl)cc3[nH]cc(C=O)c23)cc1. The fraction of sp³-hybridized carbons (Fsp3) is 0.0625. The van der Waals surface area contributed by atoms with Crippen LogP contribution >= 0.6 is 11.6 Å². The molecule has 0 bridgehead atoms. The molecule has 0 saturated carbocycles. The number of sulfonamides is 1. The number of aromatic nitrogens is 1. The van der Waals surface area contributed by atoms with Gasteiger partial charge >= 0.3 is 0 Å². The summed E-state index contributed by atoms with van der Waals surface area (Å²) in [6.07, 6.45) is 2.17. The smallest absolute Gasteiger partial charge is 0.261 e. The molecule has 0 amide bonds. The van der Waals surface area contributed by atoms with Crippen molar-refractivity contribution in [1.29, 1.82) is 0 Å². The van der Waals surface area contributed by atoms with Crippen LogP contribution in [-0.4, -0.2) is 19.7 Å². The first-order valence-electron chi connectivity index (χ1n) is 6.76. The van der Waals surface area contributed by atoms with Gasteiger partial charge < -0.3 is 4.98 Å². The lowest BCUT2D eigenvalue weighted by atomic mass is 10.1. The van der Waals surface area contributed by atoms with E-state index in [-0.39, 0.29) is 10.6 Å². The highest BCUT2D eigenvalue weighted by Crippen LogP contribution is 2.31. The zero-order valence-corrected chi connectivity index (χ0v) is 13.7. The third-order valence-corrected chi connectivity index (χ3v) is 5.08. The topological polar surface area (TPSA) is 79.0 Å². The molecule has 2 N–H and O–H groups in total. The molecule has 3 aromatic rings. The summed E-state index contributed by atoms with van der Waals surface area (Å²) in [5.74, 6) is 0. The number of anilines is 1. The molecule has 3 rings (SSSR count). The van der Waals surface area contributed by atoms with E-state index in [4.69, 9.17) is 11.6 Å². The number of nitrogens with one attached hydrogen (secondary N) is 2. The Morgan fingerprint density at radius 3 is 2.52 bits per heavy atom. The Labute approximate surface area is 138 Å². The van der Waals surface area contributed by atoms with Gasteiger partial charge in [0.1, 0.15) is 0 Å². The third kappa shape index (κ3) is 2.95. The molecule has 0 saturated heterocycles. The number of carbonyl (C=O) groups excluding carboxylic acids is 1. The molecular formula is C16H13ClN2O3S. The zero-order chi connectivity index (χ0) is 16.6. The number of aryl methyl sites for hydroxylation is 1. The largest absolute Gasteiger partial charge is 0.360 e. The van der Waals surface area contributed by atoms with Crippen molar-refractivity contribution in [1.82, 2.24) is 4.98 Å². The van der Waals surface area contributed by atoms with Gasteiger partial charge in [0.15, 0.2) is 6.29 Å². The van der Waals surface area contributed by atoms with Crippen molar-refractivity contribution in [3.63, 3.8) is 0 Å². The fourth-order valence-electron chi connectivity index (χ4n) is 2.35. The van der Waals surface area contributed by atoms with Crippen LogP contribution < -0.4 is 4.72 Å². The van der Waals surface area contributed by atoms with Gasteiger partial charge in [0.2, 0.25) is 0 Å². The molecular weight excluding hydrogens is 336 g/mol. The Balaban J connectivity index is 2.12. The number of fused-ring (bicyclic) bond motifs is 1. The quantitative estimate of drug-likeness (QED) is 0.705. The molecule has 1 heterocycles. The molecule has 0 atom stereocenters. The lowest BCUT2D eigenvalue weighted by Gasteiger charge is -2.10. The van der Waals surface area contributed by atoms with E-state index in [1.165, 1.54) is 24.4 Å². The average molecular weight is 349 g/mol. The molecule has 0 aliphatic carbocycles. The number of halogens is 1. The van der Waals surface area contributed by atoms with Crippen molar-refractivity contribution >= 4 is 44.5 Å². The van der Waals surface area contributed by atoms with E-state index in [0.717, 1.165) is 5.56 Å². The molecule has 0 unspecified atom stereocenters. The molecule has 0 spiro atoms. The molecule has 2 aromatic carbocycles. The second kappa shape index (κ2) is 5.72. The van der Waals surface area contributed by atoms with Gasteiger partial charge in [-0.15, -0.1) is 0 Å². The van der Waals surface area contributed by atoms with Crippen LogP contribution in [0, 0.1) is 6.92 Å². The summed E-state index contributed by atoms with van der Waals surface area (Å²) in [6.45, 7) is 1.88. The van der Waals surface area contributed by atoms with Crippen LogP contribution in [0.4, 0.5) is 5.69 Å². The summed E-state index contributed by atoms with van der Waals surface area (Å²) in [4.78, 5) is 14.2. The second-order valence-electron chi connectivity index (χ2n) is 5.16. The van der Waals surface area contributed by atoms with Crippen LogP contribution in [0.3, 0.4) is 0 Å². The average Bonchev–Trinajstić information content (AvgIpc) is 2.90. The summed E-state index contributed by atoms with van der Waals surface area (Å²) in [6, 6.07) is 9.60. The number of aldehydes is 1. The maximum absolute atomic E-state index is 12.5. The van der Waals surface area contributed by atoms with Gasteiger partial charge in [-0.3, -0.25) is 9.52 Å². The van der Waals surface area contributed by atoms with E-state index >= 15 is 0 Å². The van der Waals surface area contributed by atoms with E-state index in [0.29, 0.717) is 27.8 Å². The van der Waals surface area contributed by atoms with Gasteiger partial charge in [-0.1, -0.05) is 29.3 Å². The van der Waals surface area contributed by atoms with Crippen molar-refractivity contribution in [3.8, 4) is 0 Å². The van der Waals surface area contributed by atoms with Crippen LogP contribution in [0.5, 0.6) is 0 Å². The monoisotopic (exact) mass is 348 g/mol. The Morgan fingerprint density at radius 1 is 1.17 bits per heavy atom. The first-order chi connectivity index (χ1) is 10.9. The van der Waals surface area contributed by atoms with E-state index in [9.17, 15) is 13.2 Å². The van der Waals surface area contributed by atoms with Crippen molar-refractivity contribution in [2.45, 2.75) is 11.8 Å². The van der Waals surface area contributed by atoms with Crippen LogP contribution in [-0.2, 0) is 10.0 Å². The first kappa shape index (κ1) is 15.6. The predicted molar refractivity (Wildman–Crippen MR) is 90.7 cm³/mol. The van der Waals surface area contributed by atoms with Crippen LogP contribution in [0.15, 0.2) is 47.5 Å². The van der Waals surface area contributed by atoms with Gasteiger partial charge in [-0.2, -0.15) is 0 Å². The molecule has 5 nitrogen and oxygen atoms in total. The Morgan fingerprint density at radius 2 is 1.87 bits per heavy atom. The molecule has 0 radical (unpaired) electrons. The molecule has 7 heteroatoms. The van der Waals surface area contributed by atoms with E-state index < -0.39 is 10.0 Å². The first-order valence-corrected chi connectivity index (χ1v) is 8.62. The van der Waals surface area contributed by atoms with Crippen LogP contribution in [0.25, 0.3) is 10.9 Å². The number of H-pyrrole nitrogens is 1. The Kier molecular flexibility index (Phi) is 3.87. The summed E-state index contributed by atoms with van der Waals surface area (Å²) in [7, 11) is -3.78. The summed E-state index contributed by atoms with van der Waals surface area (Å²) in [5.41, 5.74) is 2.17. The normalized spacial score (nSPS) is 11.6. The van der Waals surface area contributed by atoms with Gasteiger partial charge in [-0.25, -0.2) is 8.42 Å². The lowest BCUT2D eigenvalue weighted by Crippen LogP contribution is -2.13. The Bertz CT molecular complexity index is 992.